The number of rotatable bonds is 7. The van der Waals surface area contributed by atoms with E-state index < -0.39 is 0 Å². The summed E-state index contributed by atoms with van der Waals surface area (Å²) in [6.45, 7) is 2.20. The van der Waals surface area contributed by atoms with Gasteiger partial charge in [0, 0.05) is 23.1 Å². The Morgan fingerprint density at radius 1 is 1.20 bits per heavy atom. The van der Waals surface area contributed by atoms with E-state index in [0.717, 1.165) is 22.7 Å². The molecule has 0 unspecified atom stereocenters. The Bertz CT molecular complexity index is 564. The standard InChI is InChI=1S/C15H18N2O2S/c1-2-3-4-5-6-13-11-20-15(16-13)12-7-9-14(10-8-12)17(18)19/h7-11H,2-6H2,1H3. The molecule has 0 bridgehead atoms. The number of nitro benzene ring substituents is 1. The molecule has 5 heteroatoms. The maximum absolute atomic E-state index is 10.6. The van der Waals surface area contributed by atoms with Crippen LogP contribution in [0, 0.1) is 10.1 Å². The zero-order chi connectivity index (χ0) is 14.4. The van der Waals surface area contributed by atoms with E-state index in [1.54, 1.807) is 23.5 Å². The Labute approximate surface area is 122 Å². The Morgan fingerprint density at radius 2 is 1.95 bits per heavy atom. The summed E-state index contributed by atoms with van der Waals surface area (Å²) < 4.78 is 0. The van der Waals surface area contributed by atoms with Crippen molar-refractivity contribution in [2.75, 3.05) is 0 Å². The summed E-state index contributed by atoms with van der Waals surface area (Å²) in [6.07, 6.45) is 5.96. The molecule has 0 spiro atoms. The molecule has 2 rings (SSSR count). The largest absolute Gasteiger partial charge is 0.269 e. The van der Waals surface area contributed by atoms with Crippen molar-refractivity contribution >= 4 is 17.0 Å². The third kappa shape index (κ3) is 3.87. The van der Waals surface area contributed by atoms with Crippen LogP contribution in [0.4, 0.5) is 5.69 Å². The van der Waals surface area contributed by atoms with Crippen LogP contribution in [0.25, 0.3) is 10.6 Å². The van der Waals surface area contributed by atoms with Crippen LogP contribution in [0.3, 0.4) is 0 Å². The van der Waals surface area contributed by atoms with Crippen LogP contribution in [-0.2, 0) is 6.42 Å². The highest BCUT2D eigenvalue weighted by Crippen LogP contribution is 2.26. The van der Waals surface area contributed by atoms with E-state index in [9.17, 15) is 10.1 Å². The lowest BCUT2D eigenvalue weighted by Crippen LogP contribution is -1.88. The van der Waals surface area contributed by atoms with Crippen molar-refractivity contribution in [2.45, 2.75) is 39.0 Å². The fourth-order valence-electron chi connectivity index (χ4n) is 2.01. The van der Waals surface area contributed by atoms with Crippen LogP contribution in [0.1, 0.15) is 38.3 Å². The molecule has 0 aliphatic carbocycles. The second-order valence-corrected chi connectivity index (χ2v) is 5.62. The van der Waals surface area contributed by atoms with Gasteiger partial charge in [0.2, 0.25) is 0 Å². The number of hydrogen-bond acceptors (Lipinski definition) is 4. The first kappa shape index (κ1) is 14.7. The van der Waals surface area contributed by atoms with Crippen LogP contribution in [0.5, 0.6) is 0 Å². The summed E-state index contributed by atoms with van der Waals surface area (Å²) in [6, 6.07) is 6.57. The van der Waals surface area contributed by atoms with Gasteiger partial charge in [-0.25, -0.2) is 4.98 Å². The van der Waals surface area contributed by atoms with E-state index in [2.05, 4.69) is 17.3 Å². The average Bonchev–Trinajstić information content (AvgIpc) is 2.92. The number of aryl methyl sites for hydroxylation is 1. The third-order valence-electron chi connectivity index (χ3n) is 3.16. The quantitative estimate of drug-likeness (QED) is 0.416. The molecular weight excluding hydrogens is 272 g/mol. The van der Waals surface area contributed by atoms with Crippen LogP contribution >= 0.6 is 11.3 Å². The van der Waals surface area contributed by atoms with Gasteiger partial charge in [0.25, 0.3) is 5.69 Å². The summed E-state index contributed by atoms with van der Waals surface area (Å²) in [5, 5.41) is 13.6. The molecule has 0 atom stereocenters. The number of thiazole rings is 1. The predicted octanol–water partition coefficient (Wildman–Crippen LogP) is 4.84. The molecule has 0 saturated carbocycles. The molecule has 0 aliphatic heterocycles. The van der Waals surface area contributed by atoms with E-state index in [0.29, 0.717) is 0 Å². The Hall–Kier alpha value is -1.75. The monoisotopic (exact) mass is 290 g/mol. The molecule has 2 aromatic rings. The molecule has 1 heterocycles. The third-order valence-corrected chi connectivity index (χ3v) is 4.10. The Balaban J connectivity index is 1.99. The van der Waals surface area contributed by atoms with Crippen LogP contribution < -0.4 is 0 Å². The Morgan fingerprint density at radius 3 is 2.60 bits per heavy atom. The maximum atomic E-state index is 10.6. The van der Waals surface area contributed by atoms with E-state index in [1.807, 2.05) is 0 Å². The summed E-state index contributed by atoms with van der Waals surface area (Å²) in [4.78, 5) is 14.8. The first-order chi connectivity index (χ1) is 9.70. The molecule has 1 aromatic carbocycles. The van der Waals surface area contributed by atoms with Crippen molar-refractivity contribution in [3.8, 4) is 10.6 Å². The minimum absolute atomic E-state index is 0.116. The van der Waals surface area contributed by atoms with Crippen LogP contribution in [0.15, 0.2) is 29.6 Å². The topological polar surface area (TPSA) is 56.0 Å². The van der Waals surface area contributed by atoms with E-state index in [1.165, 1.54) is 37.8 Å². The van der Waals surface area contributed by atoms with Gasteiger partial charge in [-0.2, -0.15) is 0 Å². The van der Waals surface area contributed by atoms with Crippen LogP contribution in [0.2, 0.25) is 0 Å². The molecule has 0 N–H and O–H groups in total. The van der Waals surface area contributed by atoms with Gasteiger partial charge in [0.15, 0.2) is 0 Å². The fourth-order valence-corrected chi connectivity index (χ4v) is 2.87. The number of unbranched alkanes of at least 4 members (excludes halogenated alkanes) is 3. The van der Waals surface area contributed by atoms with E-state index in [4.69, 9.17) is 0 Å². The van der Waals surface area contributed by atoms with Gasteiger partial charge in [-0.3, -0.25) is 10.1 Å². The first-order valence-electron chi connectivity index (χ1n) is 6.90. The summed E-state index contributed by atoms with van der Waals surface area (Å²) in [7, 11) is 0. The second-order valence-electron chi connectivity index (χ2n) is 4.76. The molecule has 0 amide bonds. The summed E-state index contributed by atoms with van der Waals surface area (Å²) >= 11 is 1.60. The van der Waals surface area contributed by atoms with Gasteiger partial charge in [0.1, 0.15) is 5.01 Å². The smallest absolute Gasteiger partial charge is 0.258 e. The Kier molecular flexibility index (Phi) is 5.24. The molecule has 0 aliphatic rings. The molecule has 0 radical (unpaired) electrons. The second kappa shape index (κ2) is 7.14. The highest BCUT2D eigenvalue weighted by atomic mass is 32.1. The number of non-ortho nitro benzene ring substituents is 1. The minimum atomic E-state index is -0.384. The molecular formula is C15H18N2O2S. The van der Waals surface area contributed by atoms with Crippen molar-refractivity contribution < 1.29 is 4.92 Å². The fraction of sp³-hybridized carbons (Fsp3) is 0.400. The van der Waals surface area contributed by atoms with Gasteiger partial charge in [-0.1, -0.05) is 26.2 Å². The number of aromatic nitrogens is 1. The van der Waals surface area contributed by atoms with Crippen molar-refractivity contribution in [3.05, 3.63) is 45.5 Å². The van der Waals surface area contributed by atoms with Gasteiger partial charge in [0.05, 0.1) is 10.6 Å². The number of hydrogen-bond donors (Lipinski definition) is 0. The van der Waals surface area contributed by atoms with Crippen molar-refractivity contribution in [1.82, 2.24) is 4.98 Å². The molecule has 0 fully saturated rings. The lowest BCUT2D eigenvalue weighted by molar-refractivity contribution is -0.384. The molecule has 0 saturated heterocycles. The van der Waals surface area contributed by atoms with Crippen molar-refractivity contribution in [3.63, 3.8) is 0 Å². The normalized spacial score (nSPS) is 10.7. The number of benzene rings is 1. The lowest BCUT2D eigenvalue weighted by Gasteiger charge is -1.97. The summed E-state index contributed by atoms with van der Waals surface area (Å²) in [5.41, 5.74) is 2.19. The van der Waals surface area contributed by atoms with Gasteiger partial charge in [-0.05, 0) is 25.0 Å². The van der Waals surface area contributed by atoms with Gasteiger partial charge < -0.3 is 0 Å². The highest BCUT2D eigenvalue weighted by Gasteiger charge is 2.08. The molecule has 20 heavy (non-hydrogen) atoms. The van der Waals surface area contributed by atoms with Crippen molar-refractivity contribution in [2.24, 2.45) is 0 Å². The summed E-state index contributed by atoms with van der Waals surface area (Å²) in [5.74, 6) is 0. The number of nitrogens with zero attached hydrogens (tertiary/aromatic N) is 2. The van der Waals surface area contributed by atoms with E-state index in [-0.39, 0.29) is 10.6 Å². The van der Waals surface area contributed by atoms with Crippen LogP contribution in [-0.4, -0.2) is 9.91 Å². The van der Waals surface area contributed by atoms with E-state index >= 15 is 0 Å². The minimum Gasteiger partial charge on any atom is -0.258 e. The SMILES string of the molecule is CCCCCCc1csc(-c2ccc([N+](=O)[O-])cc2)n1. The average molecular weight is 290 g/mol. The molecule has 106 valence electrons. The predicted molar refractivity (Wildman–Crippen MR) is 82.1 cm³/mol. The van der Waals surface area contributed by atoms with Crippen molar-refractivity contribution in [1.29, 1.82) is 0 Å². The zero-order valence-corrected chi connectivity index (χ0v) is 12.4. The molecule has 4 nitrogen and oxygen atoms in total. The number of nitro groups is 1. The highest BCUT2D eigenvalue weighted by molar-refractivity contribution is 7.13. The zero-order valence-electron chi connectivity index (χ0n) is 11.5. The molecule has 1 aromatic heterocycles. The maximum Gasteiger partial charge on any atom is 0.269 e. The lowest BCUT2D eigenvalue weighted by atomic mass is 10.1. The van der Waals surface area contributed by atoms with Gasteiger partial charge in [-0.15, -0.1) is 11.3 Å². The van der Waals surface area contributed by atoms with Gasteiger partial charge >= 0.3 is 0 Å². The first-order valence-corrected chi connectivity index (χ1v) is 7.78.